The zero-order chi connectivity index (χ0) is 18.7. The van der Waals surface area contributed by atoms with Gasteiger partial charge < -0.3 is 5.32 Å². The van der Waals surface area contributed by atoms with Gasteiger partial charge in [0.1, 0.15) is 12.7 Å². The van der Waals surface area contributed by atoms with E-state index in [1.54, 1.807) is 6.07 Å². The van der Waals surface area contributed by atoms with Gasteiger partial charge in [-0.2, -0.15) is 13.9 Å². The molecule has 11 heteroatoms. The third-order valence-electron chi connectivity index (χ3n) is 3.34. The van der Waals surface area contributed by atoms with Gasteiger partial charge in [0.25, 0.3) is 5.91 Å². The molecular weight excluding hydrogens is 368 g/mol. The Hall–Kier alpha value is -3.21. The van der Waals surface area contributed by atoms with E-state index >= 15 is 0 Å². The largest absolute Gasteiger partial charge is 0.341 e. The third-order valence-corrected chi connectivity index (χ3v) is 4.74. The molecule has 0 saturated heterocycles. The SMILES string of the molecule is O=C(Nc1ccc(S(=O)(=O)C(F)F)cc1)c1cccnc1-n1cncn1. The number of carbonyl (C=O) groups excluding carboxylic acids is 1. The predicted molar refractivity (Wildman–Crippen MR) is 86.7 cm³/mol. The lowest BCUT2D eigenvalue weighted by Crippen LogP contribution is -2.16. The number of amides is 1. The summed E-state index contributed by atoms with van der Waals surface area (Å²) in [4.78, 5) is 19.8. The average molecular weight is 379 g/mol. The summed E-state index contributed by atoms with van der Waals surface area (Å²) in [6.45, 7) is 0. The van der Waals surface area contributed by atoms with Gasteiger partial charge in [-0.25, -0.2) is 23.1 Å². The fourth-order valence-electron chi connectivity index (χ4n) is 2.10. The van der Waals surface area contributed by atoms with E-state index in [1.807, 2.05) is 0 Å². The number of alkyl halides is 2. The van der Waals surface area contributed by atoms with Gasteiger partial charge in [-0.15, -0.1) is 0 Å². The highest BCUT2D eigenvalue weighted by Crippen LogP contribution is 2.21. The van der Waals surface area contributed by atoms with Gasteiger partial charge in [0, 0.05) is 11.9 Å². The van der Waals surface area contributed by atoms with Crippen LogP contribution in [0.3, 0.4) is 0 Å². The second kappa shape index (κ2) is 6.96. The van der Waals surface area contributed by atoms with Gasteiger partial charge in [-0.05, 0) is 36.4 Å². The van der Waals surface area contributed by atoms with Crippen LogP contribution in [0.15, 0.2) is 60.1 Å². The molecule has 0 fully saturated rings. The number of anilines is 1. The van der Waals surface area contributed by atoms with E-state index in [0.717, 1.165) is 12.1 Å². The molecule has 0 saturated carbocycles. The highest BCUT2D eigenvalue weighted by Gasteiger charge is 2.26. The number of nitrogens with one attached hydrogen (secondary N) is 1. The summed E-state index contributed by atoms with van der Waals surface area (Å²) < 4.78 is 49.2. The van der Waals surface area contributed by atoms with Crippen molar-refractivity contribution in [2.24, 2.45) is 0 Å². The first-order chi connectivity index (χ1) is 12.4. The van der Waals surface area contributed by atoms with Crippen molar-refractivity contribution in [2.75, 3.05) is 5.32 Å². The Labute approximate surface area is 146 Å². The van der Waals surface area contributed by atoms with Crippen LogP contribution in [-0.4, -0.2) is 39.8 Å². The molecule has 0 spiro atoms. The summed E-state index contributed by atoms with van der Waals surface area (Å²) in [7, 11) is -4.69. The maximum absolute atomic E-state index is 12.5. The Morgan fingerprint density at radius 3 is 2.50 bits per heavy atom. The molecule has 0 atom stereocenters. The maximum atomic E-state index is 12.5. The standard InChI is InChI=1S/C15H11F2N5O3S/c16-15(17)26(24,25)11-5-3-10(4-6-11)21-14(23)12-2-1-7-19-13(12)22-9-18-8-20-22/h1-9,15H,(H,21,23). The van der Waals surface area contributed by atoms with Crippen molar-refractivity contribution in [3.63, 3.8) is 0 Å². The number of aromatic nitrogens is 4. The first kappa shape index (κ1) is 17.6. The van der Waals surface area contributed by atoms with Crippen molar-refractivity contribution in [1.29, 1.82) is 0 Å². The number of rotatable bonds is 5. The second-order valence-corrected chi connectivity index (χ2v) is 6.92. The molecule has 2 aromatic heterocycles. The Balaban J connectivity index is 1.84. The normalized spacial score (nSPS) is 11.5. The van der Waals surface area contributed by atoms with Crippen LogP contribution >= 0.6 is 0 Å². The summed E-state index contributed by atoms with van der Waals surface area (Å²) in [6, 6.07) is 7.53. The van der Waals surface area contributed by atoms with Gasteiger partial charge >= 0.3 is 5.76 Å². The second-order valence-electron chi connectivity index (χ2n) is 5.00. The Morgan fingerprint density at radius 2 is 1.88 bits per heavy atom. The number of hydrogen-bond donors (Lipinski definition) is 1. The van der Waals surface area contributed by atoms with Crippen molar-refractivity contribution in [3.8, 4) is 5.82 Å². The maximum Gasteiger partial charge on any atom is 0.341 e. The minimum absolute atomic E-state index is 0.197. The van der Waals surface area contributed by atoms with Crippen LogP contribution in [0.4, 0.5) is 14.5 Å². The number of hydrogen-bond acceptors (Lipinski definition) is 6. The van der Waals surface area contributed by atoms with Crippen LogP contribution in [0.2, 0.25) is 0 Å². The number of pyridine rings is 1. The van der Waals surface area contributed by atoms with Crippen molar-refractivity contribution in [3.05, 3.63) is 60.8 Å². The number of nitrogens with zero attached hydrogens (tertiary/aromatic N) is 4. The average Bonchev–Trinajstić information content (AvgIpc) is 3.16. The fourth-order valence-corrected chi connectivity index (χ4v) is 2.82. The van der Waals surface area contributed by atoms with Gasteiger partial charge in [-0.1, -0.05) is 0 Å². The van der Waals surface area contributed by atoms with E-state index in [9.17, 15) is 22.0 Å². The summed E-state index contributed by atoms with van der Waals surface area (Å²) in [5.41, 5.74) is 0.430. The zero-order valence-corrected chi connectivity index (χ0v) is 13.8. The minimum atomic E-state index is -4.69. The van der Waals surface area contributed by atoms with Crippen LogP contribution < -0.4 is 5.32 Å². The summed E-state index contributed by atoms with van der Waals surface area (Å²) in [5, 5.41) is 6.46. The lowest BCUT2D eigenvalue weighted by Gasteiger charge is -2.09. The molecule has 1 amide bonds. The molecule has 2 heterocycles. The van der Waals surface area contributed by atoms with Crippen molar-refractivity contribution >= 4 is 21.4 Å². The highest BCUT2D eigenvalue weighted by atomic mass is 32.2. The third kappa shape index (κ3) is 3.42. The van der Waals surface area contributed by atoms with Crippen LogP contribution in [0, 0.1) is 0 Å². The van der Waals surface area contributed by atoms with Crippen molar-refractivity contribution in [2.45, 2.75) is 10.7 Å². The number of halogens is 2. The van der Waals surface area contributed by atoms with Gasteiger partial charge in [-0.3, -0.25) is 4.79 Å². The lowest BCUT2D eigenvalue weighted by molar-refractivity contribution is 0.102. The zero-order valence-electron chi connectivity index (χ0n) is 13.0. The quantitative estimate of drug-likeness (QED) is 0.726. The van der Waals surface area contributed by atoms with E-state index in [2.05, 4.69) is 20.4 Å². The molecule has 3 rings (SSSR count). The van der Waals surface area contributed by atoms with Crippen molar-refractivity contribution < 1.29 is 22.0 Å². The summed E-state index contributed by atoms with van der Waals surface area (Å²) in [6.07, 6.45) is 4.15. The first-order valence-electron chi connectivity index (χ1n) is 7.13. The van der Waals surface area contributed by atoms with Gasteiger partial charge in [0.2, 0.25) is 9.84 Å². The van der Waals surface area contributed by atoms with Crippen molar-refractivity contribution in [1.82, 2.24) is 19.7 Å². The molecule has 1 N–H and O–H groups in total. The Kier molecular flexibility index (Phi) is 4.71. The molecule has 3 aromatic rings. The van der Waals surface area contributed by atoms with Gasteiger partial charge in [0.15, 0.2) is 5.82 Å². The minimum Gasteiger partial charge on any atom is -0.322 e. The number of benzene rings is 1. The monoisotopic (exact) mass is 379 g/mol. The molecule has 0 bridgehead atoms. The molecule has 0 radical (unpaired) electrons. The number of carbonyl (C=O) groups is 1. The molecule has 0 unspecified atom stereocenters. The molecule has 1 aromatic carbocycles. The molecule has 0 aliphatic heterocycles. The summed E-state index contributed by atoms with van der Waals surface area (Å²) >= 11 is 0. The van der Waals surface area contributed by atoms with E-state index in [1.165, 1.54) is 41.7 Å². The van der Waals surface area contributed by atoms with Crippen LogP contribution in [0.25, 0.3) is 5.82 Å². The first-order valence-corrected chi connectivity index (χ1v) is 8.67. The Morgan fingerprint density at radius 1 is 1.15 bits per heavy atom. The number of sulfone groups is 1. The van der Waals surface area contributed by atoms with Gasteiger partial charge in [0.05, 0.1) is 10.5 Å². The molecule has 0 aliphatic carbocycles. The highest BCUT2D eigenvalue weighted by molar-refractivity contribution is 7.91. The van der Waals surface area contributed by atoms with E-state index in [4.69, 9.17) is 0 Å². The fraction of sp³-hybridized carbons (Fsp3) is 0.0667. The molecular formula is C15H11F2N5O3S. The van der Waals surface area contributed by atoms with Crippen LogP contribution in [0.1, 0.15) is 10.4 Å². The van der Waals surface area contributed by atoms with E-state index in [0.29, 0.717) is 0 Å². The van der Waals surface area contributed by atoms with E-state index < -0.39 is 26.4 Å². The summed E-state index contributed by atoms with van der Waals surface area (Å²) in [5.74, 6) is -3.80. The predicted octanol–water partition coefficient (Wildman–Crippen LogP) is 1.91. The topological polar surface area (TPSA) is 107 Å². The molecule has 134 valence electrons. The Bertz CT molecular complexity index is 1020. The van der Waals surface area contributed by atoms with Crippen LogP contribution in [-0.2, 0) is 9.84 Å². The molecule has 0 aliphatic rings. The lowest BCUT2D eigenvalue weighted by atomic mass is 10.2. The van der Waals surface area contributed by atoms with E-state index in [-0.39, 0.29) is 17.1 Å². The molecule has 26 heavy (non-hydrogen) atoms. The molecule has 8 nitrogen and oxygen atoms in total. The smallest absolute Gasteiger partial charge is 0.322 e. The van der Waals surface area contributed by atoms with Crippen LogP contribution in [0.5, 0.6) is 0 Å².